The van der Waals surface area contributed by atoms with Gasteiger partial charge in [-0.1, -0.05) is 84.9 Å². The normalized spacial score (nSPS) is 14.0. The van der Waals surface area contributed by atoms with Gasteiger partial charge < -0.3 is 34.9 Å². The first-order chi connectivity index (χ1) is 40.0. The molecule has 0 aliphatic heterocycles. The molecule has 1 aliphatic rings. The summed E-state index contributed by atoms with van der Waals surface area (Å²) in [5.74, 6) is -3.89. The van der Waals surface area contributed by atoms with Gasteiger partial charge in [0, 0.05) is 62.6 Å². The second-order valence-electron chi connectivity index (χ2n) is 20.1. The number of allylic oxidation sites excluding steroid dienone is 1. The quantitative estimate of drug-likeness (QED) is 0.0543. The number of hydrogen-bond acceptors (Lipinski definition) is 10. The maximum absolute atomic E-state index is 11.7. The Morgan fingerprint density at radius 1 is 0.422 bits per heavy atom. The zero-order valence-corrected chi connectivity index (χ0v) is 45.8. The maximum atomic E-state index is 11.7. The second-order valence-corrected chi connectivity index (χ2v) is 20.1. The summed E-state index contributed by atoms with van der Waals surface area (Å²) in [6, 6.07) is 68.6. The summed E-state index contributed by atoms with van der Waals surface area (Å²) in [5, 5.41) is 56.9. The summed E-state index contributed by atoms with van der Waals surface area (Å²) < 4.78 is 0. The lowest BCUT2D eigenvalue weighted by molar-refractivity contribution is -0.133. The molecule has 1 atom stereocenters. The fourth-order valence-electron chi connectivity index (χ4n) is 10.0. The molecule has 0 radical (unpaired) electrons. The van der Waals surface area contributed by atoms with Crippen LogP contribution in [0.5, 0.6) is 0 Å². The molecule has 9 rings (SSSR count). The monoisotopic (exact) mass is 1090 g/mol. The highest BCUT2D eigenvalue weighted by Crippen LogP contribution is 2.44. The number of aliphatic carboxylic acids is 3. The molecular formula is C70H55N7O6. The Bertz CT molecular complexity index is 3890. The van der Waals surface area contributed by atoms with E-state index in [0.29, 0.717) is 23.1 Å². The van der Waals surface area contributed by atoms with Crippen molar-refractivity contribution < 1.29 is 29.7 Å². The summed E-state index contributed by atoms with van der Waals surface area (Å²) in [4.78, 5) is 43.7. The lowest BCUT2D eigenvalue weighted by Gasteiger charge is -2.43. The van der Waals surface area contributed by atoms with E-state index in [1.807, 2.05) is 118 Å². The van der Waals surface area contributed by atoms with E-state index >= 15 is 0 Å². The van der Waals surface area contributed by atoms with Gasteiger partial charge in [-0.25, -0.2) is 14.4 Å². The van der Waals surface area contributed by atoms with Crippen LogP contribution >= 0.6 is 0 Å². The van der Waals surface area contributed by atoms with Crippen LogP contribution in [0.1, 0.15) is 46.7 Å². The minimum Gasteiger partial charge on any atom is -0.477 e. The van der Waals surface area contributed by atoms with Gasteiger partial charge in [-0.3, -0.25) is 0 Å². The third-order valence-electron chi connectivity index (χ3n) is 14.1. The number of carbonyl (C=O) groups is 3. The van der Waals surface area contributed by atoms with Gasteiger partial charge in [-0.2, -0.15) is 15.8 Å². The van der Waals surface area contributed by atoms with Crippen molar-refractivity contribution in [3.63, 3.8) is 0 Å². The molecule has 0 fully saturated rings. The van der Waals surface area contributed by atoms with Gasteiger partial charge >= 0.3 is 17.9 Å². The highest BCUT2D eigenvalue weighted by Gasteiger charge is 2.33. The van der Waals surface area contributed by atoms with E-state index in [9.17, 15) is 45.5 Å². The van der Waals surface area contributed by atoms with Crippen molar-refractivity contribution in [3.8, 4) is 18.2 Å². The summed E-state index contributed by atoms with van der Waals surface area (Å²) in [5.41, 5.74) is 12.8. The minimum absolute atomic E-state index is 0.361. The number of anilines is 10. The van der Waals surface area contributed by atoms with Crippen molar-refractivity contribution in [2.75, 3.05) is 19.6 Å². The number of hydrogen-bond donors (Lipinski definition) is 3. The second kappa shape index (κ2) is 24.7. The van der Waals surface area contributed by atoms with Crippen LogP contribution in [0.3, 0.4) is 0 Å². The smallest absolute Gasteiger partial charge is 0.346 e. The standard InChI is InChI=1S/C70H55N7O6/c1-47-8-5-11-64(38-47)75(56-20-14-50(15-21-56)41-53(44-71)67(78)79)60-30-26-58(27-31-60)74(59-28-32-61(33-29-59)76(65-12-6-9-48(2)39-65)57-22-16-51(17-23-57)42-54(45-72)68(80)81)62-34-36-70(4,37-35-62)77(66-13-7-10-49(3)40-66)63-24-18-52(19-25-63)43-55(46-73)69(82)83/h5-36,38-43H,37H2,1-4H3,(H,78,79)(H,80,81)(H,82,83)/b53-41-,54-42+,55-43-. The highest BCUT2D eigenvalue weighted by atomic mass is 16.4. The van der Waals surface area contributed by atoms with Crippen LogP contribution in [0.15, 0.2) is 235 Å². The molecule has 0 saturated heterocycles. The number of carboxylic acids is 3. The first kappa shape index (κ1) is 56.3. The first-order valence-electron chi connectivity index (χ1n) is 26.4. The van der Waals surface area contributed by atoms with Crippen molar-refractivity contribution in [1.29, 1.82) is 15.8 Å². The van der Waals surface area contributed by atoms with Crippen LogP contribution in [0.4, 0.5) is 56.9 Å². The number of aryl methyl sites for hydroxylation is 3. The van der Waals surface area contributed by atoms with Gasteiger partial charge in [0.05, 0.1) is 5.54 Å². The van der Waals surface area contributed by atoms with Gasteiger partial charge in [0.1, 0.15) is 34.9 Å². The molecule has 8 aromatic rings. The Morgan fingerprint density at radius 3 is 1.02 bits per heavy atom. The Balaban J connectivity index is 1.14. The fourth-order valence-corrected chi connectivity index (χ4v) is 10.0. The molecule has 0 aromatic heterocycles. The summed E-state index contributed by atoms with van der Waals surface area (Å²) in [6.07, 6.45) is 11.2. The molecule has 13 heteroatoms. The van der Waals surface area contributed by atoms with E-state index in [1.165, 1.54) is 18.2 Å². The molecule has 8 aromatic carbocycles. The van der Waals surface area contributed by atoms with Gasteiger partial charge in [-0.15, -0.1) is 0 Å². The number of nitriles is 3. The summed E-state index contributed by atoms with van der Waals surface area (Å²) >= 11 is 0. The van der Waals surface area contributed by atoms with Crippen LogP contribution in [0.25, 0.3) is 18.2 Å². The van der Waals surface area contributed by atoms with Crippen LogP contribution in [0, 0.1) is 54.8 Å². The molecule has 83 heavy (non-hydrogen) atoms. The van der Waals surface area contributed by atoms with Gasteiger partial charge in [0.15, 0.2) is 0 Å². The Morgan fingerprint density at radius 2 is 0.723 bits per heavy atom. The van der Waals surface area contributed by atoms with Crippen molar-refractivity contribution in [3.05, 3.63) is 268 Å². The molecule has 1 unspecified atom stereocenters. The molecule has 1 aliphatic carbocycles. The van der Waals surface area contributed by atoms with Crippen molar-refractivity contribution in [2.45, 2.75) is 39.7 Å². The van der Waals surface area contributed by atoms with E-state index < -0.39 is 23.4 Å². The fraction of sp³-hybridized carbons (Fsp3) is 0.0857. The van der Waals surface area contributed by atoms with Gasteiger partial charge in [0.25, 0.3) is 0 Å². The average Bonchev–Trinajstić information content (AvgIpc) is 2.92. The molecule has 3 N–H and O–H groups in total. The SMILES string of the molecule is Cc1cccc(N(c2ccc(/C=C(/C#N)C(=O)O)cc2)c2ccc(N(C3=CCC(C)(N(c4ccc(/C=C(/C#N)C(=O)O)cc4)c4cccc(C)c4)C=C3)c3ccc(N(c4ccc(/C=C(\C#N)C(=O)O)cc4)c4cccc(C)c4)cc3)cc2)c1. The third kappa shape index (κ3) is 12.9. The van der Waals surface area contributed by atoms with Crippen molar-refractivity contribution >= 4 is 93.0 Å². The number of carboxylic acid groups (broad SMARTS) is 3. The molecular weight excluding hydrogens is 1030 g/mol. The predicted molar refractivity (Wildman–Crippen MR) is 328 cm³/mol. The van der Waals surface area contributed by atoms with Crippen LogP contribution in [0.2, 0.25) is 0 Å². The predicted octanol–water partition coefficient (Wildman–Crippen LogP) is 16.1. The molecule has 0 bridgehead atoms. The largest absolute Gasteiger partial charge is 0.477 e. The zero-order valence-electron chi connectivity index (χ0n) is 45.8. The van der Waals surface area contributed by atoms with E-state index in [2.05, 4.69) is 118 Å². The summed E-state index contributed by atoms with van der Waals surface area (Å²) in [6.45, 7) is 8.28. The zero-order chi connectivity index (χ0) is 58.8. The molecule has 0 heterocycles. The van der Waals surface area contributed by atoms with Crippen LogP contribution in [-0.4, -0.2) is 38.8 Å². The van der Waals surface area contributed by atoms with Gasteiger partial charge in [-0.05, 0) is 213 Å². The highest BCUT2D eigenvalue weighted by molar-refractivity contribution is 5.98. The van der Waals surface area contributed by atoms with Crippen LogP contribution in [-0.2, 0) is 14.4 Å². The molecule has 0 amide bonds. The molecule has 406 valence electrons. The minimum atomic E-state index is -1.30. The Labute approximate surface area is 481 Å². The Kier molecular flexibility index (Phi) is 16.7. The van der Waals surface area contributed by atoms with E-state index in [4.69, 9.17) is 0 Å². The lowest BCUT2D eigenvalue weighted by Crippen LogP contribution is -2.43. The van der Waals surface area contributed by atoms with E-state index in [0.717, 1.165) is 79.3 Å². The first-order valence-corrected chi connectivity index (χ1v) is 26.4. The number of benzene rings is 8. The Hall–Kier alpha value is -11.5. The van der Waals surface area contributed by atoms with Crippen LogP contribution < -0.4 is 19.6 Å². The van der Waals surface area contributed by atoms with Crippen molar-refractivity contribution in [2.24, 2.45) is 0 Å². The number of rotatable bonds is 18. The number of nitrogens with zero attached hydrogens (tertiary/aromatic N) is 7. The topological polar surface area (TPSA) is 196 Å². The lowest BCUT2D eigenvalue weighted by atomic mass is 9.88. The van der Waals surface area contributed by atoms with E-state index in [-0.39, 0.29) is 16.7 Å². The molecule has 0 spiro atoms. The average molecular weight is 1090 g/mol. The molecule has 13 nitrogen and oxygen atoms in total. The van der Waals surface area contributed by atoms with Crippen molar-refractivity contribution in [1.82, 2.24) is 0 Å². The maximum Gasteiger partial charge on any atom is 0.346 e. The third-order valence-corrected chi connectivity index (χ3v) is 14.1. The summed E-state index contributed by atoms with van der Waals surface area (Å²) in [7, 11) is 0. The molecule has 0 saturated carbocycles. The van der Waals surface area contributed by atoms with E-state index in [1.54, 1.807) is 42.5 Å². The van der Waals surface area contributed by atoms with Gasteiger partial charge in [0.2, 0.25) is 0 Å².